The van der Waals surface area contributed by atoms with Gasteiger partial charge in [-0.2, -0.15) is 0 Å². The lowest BCUT2D eigenvalue weighted by atomic mass is 10.1. The molecule has 0 bridgehead atoms. The minimum absolute atomic E-state index is 0.0189. The Morgan fingerprint density at radius 1 is 1.24 bits per heavy atom. The summed E-state index contributed by atoms with van der Waals surface area (Å²) in [5.74, 6) is 0.946. The van der Waals surface area contributed by atoms with Gasteiger partial charge in [-0.15, -0.1) is 0 Å². The van der Waals surface area contributed by atoms with E-state index in [0.717, 1.165) is 41.1 Å². The van der Waals surface area contributed by atoms with E-state index in [4.69, 9.17) is 4.52 Å². The van der Waals surface area contributed by atoms with Crippen LogP contribution >= 0.6 is 0 Å². The number of nitrogens with zero attached hydrogens (tertiary/aromatic N) is 1. The van der Waals surface area contributed by atoms with E-state index in [1.165, 1.54) is 5.56 Å². The third-order valence-electron chi connectivity index (χ3n) is 4.60. The summed E-state index contributed by atoms with van der Waals surface area (Å²) in [7, 11) is 0. The summed E-state index contributed by atoms with van der Waals surface area (Å²) < 4.78 is 5.38. The Kier molecular flexibility index (Phi) is 6.76. The van der Waals surface area contributed by atoms with Crippen molar-refractivity contribution in [2.45, 2.75) is 66.5 Å². The maximum absolute atomic E-state index is 12.3. The summed E-state index contributed by atoms with van der Waals surface area (Å²) in [6.45, 7) is 10.9. The van der Waals surface area contributed by atoms with Crippen LogP contribution in [0.4, 0.5) is 5.69 Å². The molecule has 0 aliphatic heterocycles. The summed E-state index contributed by atoms with van der Waals surface area (Å²) in [6.07, 6.45) is 2.09. The van der Waals surface area contributed by atoms with Gasteiger partial charge >= 0.3 is 0 Å². The monoisotopic (exact) mass is 343 g/mol. The molecule has 1 aromatic carbocycles. The van der Waals surface area contributed by atoms with Gasteiger partial charge in [0, 0.05) is 36.7 Å². The van der Waals surface area contributed by atoms with Crippen molar-refractivity contribution in [2.75, 3.05) is 5.32 Å². The normalized spacial score (nSPS) is 12.2. The summed E-state index contributed by atoms with van der Waals surface area (Å²) in [5, 5.41) is 10.6. The van der Waals surface area contributed by atoms with E-state index in [2.05, 4.69) is 29.6 Å². The molecule has 25 heavy (non-hydrogen) atoms. The van der Waals surface area contributed by atoms with Crippen molar-refractivity contribution < 1.29 is 9.32 Å². The lowest BCUT2D eigenvalue weighted by Gasteiger charge is -2.15. The summed E-state index contributed by atoms with van der Waals surface area (Å²) in [4.78, 5) is 12.3. The first-order valence-corrected chi connectivity index (χ1v) is 9.01. The van der Waals surface area contributed by atoms with Crippen LogP contribution in [-0.4, -0.2) is 17.1 Å². The summed E-state index contributed by atoms with van der Waals surface area (Å²) in [6, 6.07) is 6.01. The second kappa shape index (κ2) is 8.81. The van der Waals surface area contributed by atoms with Gasteiger partial charge in [0.05, 0.1) is 5.69 Å². The molecule has 0 aliphatic rings. The molecule has 0 radical (unpaired) electrons. The third kappa shape index (κ3) is 4.92. The predicted molar refractivity (Wildman–Crippen MR) is 101 cm³/mol. The van der Waals surface area contributed by atoms with Crippen LogP contribution in [0.2, 0.25) is 0 Å². The van der Waals surface area contributed by atoms with Gasteiger partial charge in [0.2, 0.25) is 5.91 Å². The zero-order valence-corrected chi connectivity index (χ0v) is 15.9. The fraction of sp³-hybridized carbons (Fsp3) is 0.500. The molecule has 2 aromatic rings. The maximum atomic E-state index is 12.3. The van der Waals surface area contributed by atoms with Crippen molar-refractivity contribution in [3.63, 3.8) is 0 Å². The van der Waals surface area contributed by atoms with Crippen LogP contribution in [0.3, 0.4) is 0 Å². The van der Waals surface area contributed by atoms with Gasteiger partial charge in [0.1, 0.15) is 5.76 Å². The van der Waals surface area contributed by atoms with Gasteiger partial charge in [0.25, 0.3) is 0 Å². The van der Waals surface area contributed by atoms with E-state index < -0.39 is 0 Å². The first-order chi connectivity index (χ1) is 12.0. The summed E-state index contributed by atoms with van der Waals surface area (Å²) >= 11 is 0. The Balaban J connectivity index is 1.90. The van der Waals surface area contributed by atoms with Crippen molar-refractivity contribution >= 4 is 11.6 Å². The quantitative estimate of drug-likeness (QED) is 0.762. The van der Waals surface area contributed by atoms with E-state index in [1.807, 2.05) is 39.0 Å². The van der Waals surface area contributed by atoms with Crippen molar-refractivity contribution in [2.24, 2.45) is 0 Å². The molecule has 2 rings (SSSR count). The van der Waals surface area contributed by atoms with E-state index >= 15 is 0 Å². The molecule has 1 heterocycles. The van der Waals surface area contributed by atoms with Crippen molar-refractivity contribution in [3.8, 4) is 0 Å². The number of nitrogens with one attached hydrogen (secondary N) is 2. The topological polar surface area (TPSA) is 67.2 Å². The minimum atomic E-state index is 0.0189. The number of anilines is 1. The first-order valence-electron chi connectivity index (χ1n) is 9.01. The minimum Gasteiger partial charge on any atom is -0.361 e. The number of rotatable bonds is 8. The SMILES string of the molecule is CCc1noc(CC)c1CNC(C)CC(=O)Nc1cccc(C)c1C. The standard InChI is InChI=1S/C20H29N3O2/c1-6-17-16(19(7-2)25-23-17)12-21-14(4)11-20(24)22-18-10-8-9-13(3)15(18)5/h8-10,14,21H,6-7,11-12H2,1-5H3,(H,22,24). The molecular formula is C20H29N3O2. The van der Waals surface area contributed by atoms with Gasteiger partial charge < -0.3 is 15.2 Å². The molecule has 1 aromatic heterocycles. The number of carbonyl (C=O) groups is 1. The number of carbonyl (C=O) groups excluding carboxylic acids is 1. The molecular weight excluding hydrogens is 314 g/mol. The van der Waals surface area contributed by atoms with E-state index in [9.17, 15) is 4.79 Å². The highest BCUT2D eigenvalue weighted by Gasteiger charge is 2.15. The Morgan fingerprint density at radius 3 is 2.68 bits per heavy atom. The lowest BCUT2D eigenvalue weighted by Crippen LogP contribution is -2.30. The van der Waals surface area contributed by atoms with Crippen LogP contribution in [-0.2, 0) is 24.2 Å². The summed E-state index contributed by atoms with van der Waals surface area (Å²) in [5.41, 5.74) is 5.30. The van der Waals surface area contributed by atoms with Gasteiger partial charge in [-0.25, -0.2) is 0 Å². The first kappa shape index (κ1) is 19.2. The Morgan fingerprint density at radius 2 is 2.00 bits per heavy atom. The number of benzene rings is 1. The average molecular weight is 343 g/mol. The molecule has 1 amide bonds. The number of aryl methyl sites for hydroxylation is 3. The predicted octanol–water partition coefficient (Wildman–Crippen LogP) is 3.92. The number of amides is 1. The molecule has 0 saturated heterocycles. The fourth-order valence-corrected chi connectivity index (χ4v) is 2.85. The Hall–Kier alpha value is -2.14. The lowest BCUT2D eigenvalue weighted by molar-refractivity contribution is -0.116. The van der Waals surface area contributed by atoms with E-state index in [0.29, 0.717) is 13.0 Å². The maximum Gasteiger partial charge on any atom is 0.225 e. The van der Waals surface area contributed by atoms with Crippen molar-refractivity contribution in [1.29, 1.82) is 0 Å². The molecule has 2 N–H and O–H groups in total. The van der Waals surface area contributed by atoms with Crippen LogP contribution < -0.4 is 10.6 Å². The Labute approximate surface area is 150 Å². The smallest absolute Gasteiger partial charge is 0.225 e. The number of aromatic nitrogens is 1. The van der Waals surface area contributed by atoms with Gasteiger partial charge in [-0.3, -0.25) is 4.79 Å². The number of hydrogen-bond donors (Lipinski definition) is 2. The van der Waals surface area contributed by atoms with Crippen LogP contribution in [0.5, 0.6) is 0 Å². The molecule has 0 fully saturated rings. The highest BCUT2D eigenvalue weighted by atomic mass is 16.5. The highest BCUT2D eigenvalue weighted by Crippen LogP contribution is 2.19. The third-order valence-corrected chi connectivity index (χ3v) is 4.60. The molecule has 0 spiro atoms. The molecule has 0 saturated carbocycles. The molecule has 0 aliphatic carbocycles. The molecule has 1 unspecified atom stereocenters. The molecule has 1 atom stereocenters. The molecule has 136 valence electrons. The van der Waals surface area contributed by atoms with Crippen LogP contribution in [0, 0.1) is 13.8 Å². The zero-order valence-electron chi connectivity index (χ0n) is 15.9. The zero-order chi connectivity index (χ0) is 18.4. The van der Waals surface area contributed by atoms with Crippen molar-refractivity contribution in [1.82, 2.24) is 10.5 Å². The van der Waals surface area contributed by atoms with Crippen LogP contribution in [0.15, 0.2) is 22.7 Å². The highest BCUT2D eigenvalue weighted by molar-refractivity contribution is 5.92. The Bertz CT molecular complexity index is 700. The molecule has 5 heteroatoms. The van der Waals surface area contributed by atoms with E-state index in [1.54, 1.807) is 0 Å². The largest absolute Gasteiger partial charge is 0.361 e. The molecule has 5 nitrogen and oxygen atoms in total. The van der Waals surface area contributed by atoms with Crippen molar-refractivity contribution in [3.05, 3.63) is 46.3 Å². The van der Waals surface area contributed by atoms with Crippen LogP contribution in [0.1, 0.15) is 55.3 Å². The average Bonchev–Trinajstić information content (AvgIpc) is 2.99. The fourth-order valence-electron chi connectivity index (χ4n) is 2.85. The second-order valence-corrected chi connectivity index (χ2v) is 6.52. The van der Waals surface area contributed by atoms with E-state index in [-0.39, 0.29) is 11.9 Å². The van der Waals surface area contributed by atoms with Crippen LogP contribution in [0.25, 0.3) is 0 Å². The van der Waals surface area contributed by atoms with Gasteiger partial charge in [-0.1, -0.05) is 31.1 Å². The van der Waals surface area contributed by atoms with Gasteiger partial charge in [-0.05, 0) is 44.4 Å². The number of hydrogen-bond acceptors (Lipinski definition) is 4. The second-order valence-electron chi connectivity index (χ2n) is 6.52. The van der Waals surface area contributed by atoms with Gasteiger partial charge in [0.15, 0.2) is 0 Å².